The fourth-order valence-electron chi connectivity index (χ4n) is 7.38. The molecule has 0 aliphatic heterocycles. The summed E-state index contributed by atoms with van der Waals surface area (Å²) < 4.78 is 12.5. The molecule has 2 aliphatic carbocycles. The molecule has 0 radical (unpaired) electrons. The molecule has 0 saturated heterocycles. The maximum Gasteiger partial charge on any atom is 0.127 e. The van der Waals surface area contributed by atoms with Gasteiger partial charge in [-0.2, -0.15) is 0 Å². The van der Waals surface area contributed by atoms with Crippen LogP contribution in [0.25, 0.3) is 11.1 Å². The predicted octanol–water partition coefficient (Wildman–Crippen LogP) is 11.8. The highest BCUT2D eigenvalue weighted by atomic mass is 16.5. The van der Waals surface area contributed by atoms with Crippen molar-refractivity contribution in [3.8, 4) is 22.6 Å². The average molecular weight is 752 g/mol. The Labute approximate surface area is 333 Å². The van der Waals surface area contributed by atoms with Gasteiger partial charge in [-0.15, -0.1) is 5.11 Å². The lowest BCUT2D eigenvalue weighted by molar-refractivity contribution is 0.141. The van der Waals surface area contributed by atoms with Crippen molar-refractivity contribution in [2.75, 3.05) is 9.80 Å². The molecule has 0 aromatic heterocycles. The summed E-state index contributed by atoms with van der Waals surface area (Å²) in [6.07, 6.45) is 12.0. The first-order valence-electron chi connectivity index (χ1n) is 19.2. The third-order valence-electron chi connectivity index (χ3n) is 10.2. The van der Waals surface area contributed by atoms with Crippen molar-refractivity contribution in [2.24, 2.45) is 22.0 Å². The molecule has 57 heavy (non-hydrogen) atoms. The topological polar surface area (TPSA) is 114 Å². The Morgan fingerprint density at radius 2 is 1.14 bits per heavy atom. The van der Waals surface area contributed by atoms with Crippen molar-refractivity contribution in [3.05, 3.63) is 193 Å². The van der Waals surface area contributed by atoms with Crippen LogP contribution < -0.4 is 31.6 Å². The Bertz CT molecular complexity index is 2340. The average Bonchev–Trinajstić information content (AvgIpc) is 3.27. The molecule has 8 rings (SSSR count). The fraction of sp³-hybridized carbons (Fsp3) is 0.125. The van der Waals surface area contributed by atoms with Crippen LogP contribution in [0.4, 0.5) is 34.1 Å². The van der Waals surface area contributed by atoms with E-state index in [1.54, 1.807) is 12.1 Å². The number of benzene rings is 6. The van der Waals surface area contributed by atoms with Gasteiger partial charge in [-0.3, -0.25) is 5.84 Å². The molecule has 0 amide bonds. The van der Waals surface area contributed by atoms with E-state index in [-0.39, 0.29) is 6.10 Å². The summed E-state index contributed by atoms with van der Waals surface area (Å²) in [5.74, 6) is 13.2. The third-order valence-corrected chi connectivity index (χ3v) is 10.2. The maximum absolute atomic E-state index is 6.36. The summed E-state index contributed by atoms with van der Waals surface area (Å²) in [4.78, 5) is 4.72. The van der Waals surface area contributed by atoms with Crippen LogP contribution in [0.15, 0.2) is 204 Å². The Morgan fingerprint density at radius 1 is 0.596 bits per heavy atom. The van der Waals surface area contributed by atoms with Crippen molar-refractivity contribution in [2.45, 2.75) is 37.8 Å². The predicted molar refractivity (Wildman–Crippen MR) is 230 cm³/mol. The summed E-state index contributed by atoms with van der Waals surface area (Å²) in [5.41, 5.74) is 12.1. The zero-order valence-electron chi connectivity index (χ0n) is 31.6. The van der Waals surface area contributed by atoms with Crippen LogP contribution in [0.5, 0.6) is 11.5 Å². The third kappa shape index (κ3) is 8.91. The molecular weight excluding hydrogens is 707 g/mol. The molecule has 0 saturated carbocycles. The number of nitrogens with zero attached hydrogens (tertiary/aromatic N) is 4. The van der Waals surface area contributed by atoms with Crippen molar-refractivity contribution >= 4 is 34.1 Å². The van der Waals surface area contributed by atoms with Gasteiger partial charge < -0.3 is 30.5 Å². The summed E-state index contributed by atoms with van der Waals surface area (Å²) in [7, 11) is 0. The van der Waals surface area contributed by atoms with E-state index in [4.69, 9.17) is 21.2 Å². The van der Waals surface area contributed by atoms with Gasteiger partial charge in [-0.05, 0) is 139 Å². The van der Waals surface area contributed by atoms with Gasteiger partial charge in [0.25, 0.3) is 0 Å². The molecular formula is C48H45N7O2. The van der Waals surface area contributed by atoms with E-state index in [0.717, 1.165) is 71.1 Å². The van der Waals surface area contributed by atoms with Crippen LogP contribution in [-0.4, -0.2) is 12.1 Å². The number of ether oxygens (including phenoxy) is 2. The second-order valence-corrected chi connectivity index (χ2v) is 13.9. The van der Waals surface area contributed by atoms with Gasteiger partial charge in [0.05, 0.1) is 11.4 Å². The van der Waals surface area contributed by atoms with Crippen LogP contribution in [0, 0.1) is 0 Å². The smallest absolute Gasteiger partial charge is 0.127 e. The Morgan fingerprint density at radius 3 is 1.68 bits per heavy atom. The van der Waals surface area contributed by atoms with Crippen molar-refractivity contribution in [3.63, 3.8) is 0 Å². The minimum Gasteiger partial charge on any atom is -0.491 e. The van der Waals surface area contributed by atoms with E-state index in [0.29, 0.717) is 17.5 Å². The molecule has 9 nitrogen and oxygen atoms in total. The number of nitrogens with two attached hydrogens (primary N) is 2. The first-order valence-corrected chi connectivity index (χ1v) is 19.2. The number of nitrogens with one attached hydrogen (secondary N) is 1. The quantitative estimate of drug-likeness (QED) is 0.0611. The van der Waals surface area contributed by atoms with Crippen molar-refractivity contribution in [1.29, 1.82) is 0 Å². The lowest BCUT2D eigenvalue weighted by Crippen LogP contribution is -2.33. The standard InChI is InChI=1S/C48H45N7O2/c49-51-37-15-27-45(28-16-37)56-47-31-23-43(24-32-47)54(39-7-3-1-4-8-39)41-19-11-35(12-20-41)36-13-21-42(22-14-36)55(40-9-5-2-6-10-40)44-25-33-48(34-26-44)57-46-29-17-38(18-30-46)52-53-50/h1-22,25-27,29-31,33-34,43,45,51H,23-24,28,32,49H2,(H2,50,52). The minimum atomic E-state index is 0.0386. The van der Waals surface area contributed by atoms with Crippen molar-refractivity contribution < 1.29 is 9.47 Å². The van der Waals surface area contributed by atoms with Gasteiger partial charge in [-0.25, -0.2) is 0 Å². The number of allylic oxidation sites excluding steroid dienone is 2. The SMILES string of the molecule is NN=Nc1ccc(Oc2ccc(N(c3ccccc3)c3ccc(-c4ccc(N(c5ccccc5)C5CC=C(OC6C=CC(NN)=CC6)CC5)cc4)cc3)cc2)cc1. The number of hydrazine groups is 1. The molecule has 0 bridgehead atoms. The summed E-state index contributed by atoms with van der Waals surface area (Å²) in [6.45, 7) is 0. The van der Waals surface area contributed by atoms with E-state index >= 15 is 0 Å². The zero-order chi connectivity index (χ0) is 38.8. The molecule has 6 aromatic carbocycles. The molecule has 9 heteroatoms. The fourth-order valence-corrected chi connectivity index (χ4v) is 7.38. The van der Waals surface area contributed by atoms with Gasteiger partial charge in [0.2, 0.25) is 0 Å². The van der Waals surface area contributed by atoms with E-state index in [9.17, 15) is 0 Å². The molecule has 6 aromatic rings. The lowest BCUT2D eigenvalue weighted by atomic mass is 9.96. The van der Waals surface area contributed by atoms with Crippen LogP contribution in [0.3, 0.4) is 0 Å². The molecule has 2 atom stereocenters. The molecule has 5 N–H and O–H groups in total. The lowest BCUT2D eigenvalue weighted by Gasteiger charge is -2.36. The highest BCUT2D eigenvalue weighted by Crippen LogP contribution is 2.39. The van der Waals surface area contributed by atoms with E-state index in [1.165, 1.54) is 11.4 Å². The van der Waals surface area contributed by atoms with Crippen LogP contribution in [0.1, 0.15) is 25.7 Å². The largest absolute Gasteiger partial charge is 0.491 e. The normalized spacial score (nSPS) is 16.4. The van der Waals surface area contributed by atoms with Crippen LogP contribution in [0.2, 0.25) is 0 Å². The number of rotatable bonds is 13. The molecule has 2 unspecified atom stereocenters. The first kappa shape index (κ1) is 36.9. The zero-order valence-corrected chi connectivity index (χ0v) is 31.6. The van der Waals surface area contributed by atoms with Crippen LogP contribution >= 0.6 is 0 Å². The van der Waals surface area contributed by atoms with E-state index < -0.39 is 0 Å². The van der Waals surface area contributed by atoms with E-state index in [2.05, 4.69) is 159 Å². The number of anilines is 5. The van der Waals surface area contributed by atoms with Gasteiger partial charge in [-0.1, -0.05) is 72.0 Å². The van der Waals surface area contributed by atoms with Gasteiger partial charge >= 0.3 is 0 Å². The van der Waals surface area contributed by atoms with Gasteiger partial charge in [0.1, 0.15) is 17.6 Å². The summed E-state index contributed by atoms with van der Waals surface area (Å²) >= 11 is 0. The summed E-state index contributed by atoms with van der Waals surface area (Å²) in [5, 5.41) is 7.18. The Balaban J connectivity index is 0.982. The van der Waals surface area contributed by atoms with Gasteiger partial charge in [0.15, 0.2) is 0 Å². The highest BCUT2D eigenvalue weighted by molar-refractivity contribution is 5.79. The monoisotopic (exact) mass is 751 g/mol. The summed E-state index contributed by atoms with van der Waals surface area (Å²) in [6, 6.07) is 54.5. The minimum absolute atomic E-state index is 0.0386. The molecule has 2 aliphatic rings. The Hall–Kier alpha value is -7.10. The second-order valence-electron chi connectivity index (χ2n) is 13.9. The number of hydrogen-bond acceptors (Lipinski definition) is 8. The molecule has 0 fully saturated rings. The second kappa shape index (κ2) is 17.6. The number of hydrogen-bond donors (Lipinski definition) is 3. The molecule has 0 spiro atoms. The van der Waals surface area contributed by atoms with Crippen LogP contribution in [-0.2, 0) is 4.74 Å². The molecule has 0 heterocycles. The van der Waals surface area contributed by atoms with Gasteiger partial charge in [0, 0.05) is 53.0 Å². The van der Waals surface area contributed by atoms with E-state index in [1.807, 2.05) is 36.4 Å². The number of para-hydroxylation sites is 2. The highest BCUT2D eigenvalue weighted by Gasteiger charge is 2.25. The van der Waals surface area contributed by atoms with Crippen molar-refractivity contribution in [1.82, 2.24) is 5.43 Å². The maximum atomic E-state index is 6.36. The Kier molecular flexibility index (Phi) is 11.4. The first-order chi connectivity index (χ1) is 28.1. The molecule has 284 valence electrons.